The summed E-state index contributed by atoms with van der Waals surface area (Å²) in [5.74, 6) is 1.97. The normalized spacial score (nSPS) is 46.7. The molecule has 0 amide bonds. The van der Waals surface area contributed by atoms with E-state index in [9.17, 15) is 0 Å². The zero-order valence-electron chi connectivity index (χ0n) is 10.8. The van der Waals surface area contributed by atoms with E-state index in [1.165, 1.54) is 37.0 Å². The summed E-state index contributed by atoms with van der Waals surface area (Å²) in [6.07, 6.45) is 5.69. The Labute approximate surface area is 108 Å². The van der Waals surface area contributed by atoms with Crippen LogP contribution < -0.4 is 10.1 Å². The van der Waals surface area contributed by atoms with Gasteiger partial charge >= 0.3 is 0 Å². The smallest absolute Gasteiger partial charge is 0.124 e. The lowest BCUT2D eigenvalue weighted by atomic mass is 9.59. The number of nitrogens with one attached hydrogen (secondary N) is 1. The van der Waals surface area contributed by atoms with Gasteiger partial charge in [0.15, 0.2) is 0 Å². The molecule has 1 spiro atoms. The molecular formula is C16H19NO. The molecule has 1 aromatic rings. The van der Waals surface area contributed by atoms with E-state index in [4.69, 9.17) is 4.74 Å². The van der Waals surface area contributed by atoms with Crippen LogP contribution in [-0.4, -0.2) is 12.1 Å². The van der Waals surface area contributed by atoms with Crippen LogP contribution in [0.3, 0.4) is 0 Å². The molecule has 2 heteroatoms. The van der Waals surface area contributed by atoms with E-state index < -0.39 is 0 Å². The van der Waals surface area contributed by atoms with Crippen LogP contribution in [0, 0.1) is 5.92 Å². The van der Waals surface area contributed by atoms with Gasteiger partial charge in [-0.2, -0.15) is 0 Å². The van der Waals surface area contributed by atoms with Crippen molar-refractivity contribution in [2.24, 2.45) is 5.92 Å². The molecule has 18 heavy (non-hydrogen) atoms. The molecule has 2 aliphatic heterocycles. The standard InChI is InChI=1S/C16H19NO/c1-9-11-5-3-7-14-16(11)8-12(17-9)10-4-2-6-13(18-14)15(10)16/h2,4,6,9,11-12,14,17H,3,5,7-8H2,1H3/t9-,11?,12?,14?,16-/m1/s1. The second kappa shape index (κ2) is 2.93. The minimum absolute atomic E-state index is 0.361. The van der Waals surface area contributed by atoms with Crippen molar-refractivity contribution in [1.29, 1.82) is 0 Å². The van der Waals surface area contributed by atoms with E-state index in [2.05, 4.69) is 30.4 Å². The number of rotatable bonds is 0. The van der Waals surface area contributed by atoms with Gasteiger partial charge in [0.1, 0.15) is 11.9 Å². The Balaban J connectivity index is 1.84. The first-order chi connectivity index (χ1) is 8.80. The third-order valence-corrected chi connectivity index (χ3v) is 6.00. The van der Waals surface area contributed by atoms with Gasteiger partial charge in [-0.15, -0.1) is 0 Å². The summed E-state index contributed by atoms with van der Waals surface area (Å²) in [4.78, 5) is 0. The Morgan fingerprint density at radius 2 is 2.28 bits per heavy atom. The van der Waals surface area contributed by atoms with E-state index >= 15 is 0 Å². The fraction of sp³-hybridized carbons (Fsp3) is 0.625. The number of hydrogen-bond donors (Lipinski definition) is 1. The number of hydrogen-bond acceptors (Lipinski definition) is 2. The fourth-order valence-electron chi connectivity index (χ4n) is 5.49. The quantitative estimate of drug-likeness (QED) is 0.754. The maximum atomic E-state index is 6.32. The Kier molecular flexibility index (Phi) is 1.60. The minimum Gasteiger partial charge on any atom is -0.489 e. The zero-order chi connectivity index (χ0) is 11.9. The molecule has 5 atom stereocenters. The average molecular weight is 241 g/mol. The summed E-state index contributed by atoms with van der Waals surface area (Å²) in [7, 11) is 0. The van der Waals surface area contributed by atoms with Crippen molar-refractivity contribution >= 4 is 0 Å². The van der Waals surface area contributed by atoms with Crippen molar-refractivity contribution in [2.75, 3.05) is 0 Å². The van der Waals surface area contributed by atoms with Crippen LogP contribution in [0.1, 0.15) is 49.8 Å². The predicted octanol–water partition coefficient (Wildman–Crippen LogP) is 2.92. The maximum Gasteiger partial charge on any atom is 0.124 e. The van der Waals surface area contributed by atoms with Crippen molar-refractivity contribution < 1.29 is 4.74 Å². The molecule has 2 nitrogen and oxygen atoms in total. The SMILES string of the molecule is C[C@H]1NC2C[C@]34c5c(cccc52)OC3CCCC14. The van der Waals surface area contributed by atoms with E-state index in [0.717, 1.165) is 5.92 Å². The summed E-state index contributed by atoms with van der Waals surface area (Å²) in [5.41, 5.74) is 3.48. The highest BCUT2D eigenvalue weighted by Gasteiger charge is 2.64. The van der Waals surface area contributed by atoms with Crippen molar-refractivity contribution in [3.8, 4) is 5.75 Å². The van der Waals surface area contributed by atoms with Crippen LogP contribution >= 0.6 is 0 Å². The third kappa shape index (κ3) is 0.871. The van der Waals surface area contributed by atoms with Gasteiger partial charge in [0.05, 0.1) is 0 Å². The summed E-state index contributed by atoms with van der Waals surface area (Å²) >= 11 is 0. The molecule has 3 unspecified atom stereocenters. The van der Waals surface area contributed by atoms with Gasteiger partial charge < -0.3 is 10.1 Å². The third-order valence-electron chi connectivity index (χ3n) is 6.00. The Bertz CT molecular complexity index is 540. The monoisotopic (exact) mass is 241 g/mol. The van der Waals surface area contributed by atoms with Crippen LogP contribution in [0.5, 0.6) is 5.75 Å². The molecule has 1 saturated heterocycles. The van der Waals surface area contributed by atoms with Crippen LogP contribution in [0.25, 0.3) is 0 Å². The molecule has 2 aliphatic carbocycles. The minimum atomic E-state index is 0.361. The molecule has 94 valence electrons. The first-order valence-electron chi connectivity index (χ1n) is 7.37. The second-order valence-corrected chi connectivity index (χ2v) is 6.62. The lowest BCUT2D eigenvalue weighted by Crippen LogP contribution is -2.57. The Hall–Kier alpha value is -1.02. The fourth-order valence-corrected chi connectivity index (χ4v) is 5.49. The van der Waals surface area contributed by atoms with Crippen molar-refractivity contribution in [1.82, 2.24) is 5.32 Å². The highest BCUT2D eigenvalue weighted by atomic mass is 16.5. The molecule has 4 aliphatic rings. The Morgan fingerprint density at radius 1 is 1.33 bits per heavy atom. The topological polar surface area (TPSA) is 21.3 Å². The molecule has 0 aromatic heterocycles. The van der Waals surface area contributed by atoms with Gasteiger partial charge in [-0.3, -0.25) is 0 Å². The molecule has 5 rings (SSSR count). The van der Waals surface area contributed by atoms with Crippen molar-refractivity contribution in [3.05, 3.63) is 29.3 Å². The molecule has 1 aromatic carbocycles. The predicted molar refractivity (Wildman–Crippen MR) is 69.8 cm³/mol. The van der Waals surface area contributed by atoms with E-state index in [-0.39, 0.29) is 0 Å². The Morgan fingerprint density at radius 3 is 3.22 bits per heavy atom. The van der Waals surface area contributed by atoms with E-state index in [0.29, 0.717) is 23.6 Å². The summed E-state index contributed by atoms with van der Waals surface area (Å²) < 4.78 is 6.32. The largest absolute Gasteiger partial charge is 0.489 e. The molecule has 2 heterocycles. The van der Waals surface area contributed by atoms with Gasteiger partial charge in [0, 0.05) is 23.1 Å². The zero-order valence-corrected chi connectivity index (χ0v) is 10.8. The lowest BCUT2D eigenvalue weighted by molar-refractivity contribution is 0.00864. The van der Waals surface area contributed by atoms with Crippen molar-refractivity contribution in [2.45, 2.75) is 56.2 Å². The average Bonchev–Trinajstić information content (AvgIpc) is 2.83. The molecule has 2 bridgehead atoms. The van der Waals surface area contributed by atoms with Crippen LogP contribution in [0.4, 0.5) is 0 Å². The maximum absolute atomic E-state index is 6.32. The molecule has 1 saturated carbocycles. The van der Waals surface area contributed by atoms with Crippen LogP contribution in [0.15, 0.2) is 18.2 Å². The second-order valence-electron chi connectivity index (χ2n) is 6.62. The van der Waals surface area contributed by atoms with Crippen LogP contribution in [0.2, 0.25) is 0 Å². The highest BCUT2D eigenvalue weighted by Crippen LogP contribution is 2.65. The summed E-state index contributed by atoms with van der Waals surface area (Å²) in [6.45, 7) is 2.38. The number of ether oxygens (including phenoxy) is 1. The lowest BCUT2D eigenvalue weighted by Gasteiger charge is -2.49. The number of piperidine rings is 1. The van der Waals surface area contributed by atoms with Gasteiger partial charge in [0.2, 0.25) is 0 Å². The molecule has 2 fully saturated rings. The first-order valence-corrected chi connectivity index (χ1v) is 7.37. The van der Waals surface area contributed by atoms with Gasteiger partial charge in [-0.1, -0.05) is 12.1 Å². The molecular weight excluding hydrogens is 222 g/mol. The number of fused-ring (bicyclic) bond motifs is 2. The molecule has 1 N–H and O–H groups in total. The van der Waals surface area contributed by atoms with Crippen molar-refractivity contribution in [3.63, 3.8) is 0 Å². The van der Waals surface area contributed by atoms with E-state index in [1.807, 2.05) is 0 Å². The number of benzene rings is 1. The van der Waals surface area contributed by atoms with Gasteiger partial charge in [-0.05, 0) is 50.2 Å². The molecule has 0 radical (unpaired) electrons. The highest BCUT2D eigenvalue weighted by molar-refractivity contribution is 5.57. The first kappa shape index (κ1) is 9.85. The van der Waals surface area contributed by atoms with Gasteiger partial charge in [-0.25, -0.2) is 0 Å². The van der Waals surface area contributed by atoms with Crippen LogP contribution in [-0.2, 0) is 5.41 Å². The van der Waals surface area contributed by atoms with E-state index in [1.54, 1.807) is 5.56 Å². The van der Waals surface area contributed by atoms with Gasteiger partial charge in [0.25, 0.3) is 0 Å². The summed E-state index contributed by atoms with van der Waals surface area (Å²) in [6, 6.07) is 7.89. The summed E-state index contributed by atoms with van der Waals surface area (Å²) in [5, 5.41) is 3.85.